The maximum Gasteiger partial charge on any atom is 0.271 e. The molecule has 40 heavy (non-hydrogen) atoms. The standard InChI is InChI=1S/C33H45ClN2O2S.ClH/c1-3-5-6-7-8-9-10-11-12-13-14-17-24-38-32-27(19-18-21-29(32)34)26-31(37)35-30-22-16-15-20-28(30)33-36(4-2)23-25-39-33;/h15-16,18-23,25H,3-14,17,24,26H2,1-2H3;1H. The SMILES string of the molecule is CCCCCCCCCCCCCCOc1c(Cl)cccc1CC(=O)Nc1ccccc1-c1scc[n+]1CC.[Cl-]. The Bertz CT molecular complexity index is 1140. The van der Waals surface area contributed by atoms with Crippen LogP contribution in [0.15, 0.2) is 54.0 Å². The van der Waals surface area contributed by atoms with Gasteiger partial charge in [-0.1, -0.05) is 125 Å². The molecule has 2 aromatic carbocycles. The zero-order chi connectivity index (χ0) is 27.7. The van der Waals surface area contributed by atoms with Crippen molar-refractivity contribution in [1.82, 2.24) is 0 Å². The Morgan fingerprint density at radius 2 is 1.52 bits per heavy atom. The lowest BCUT2D eigenvalue weighted by atomic mass is 10.1. The Kier molecular flexibility index (Phi) is 17.0. The quantitative estimate of drug-likeness (QED) is 0.123. The van der Waals surface area contributed by atoms with Gasteiger partial charge in [0.05, 0.1) is 34.7 Å². The summed E-state index contributed by atoms with van der Waals surface area (Å²) < 4.78 is 8.30. The number of aromatic nitrogens is 1. The molecular formula is C33H46Cl2N2O2S. The highest BCUT2D eigenvalue weighted by atomic mass is 35.5. The fourth-order valence-corrected chi connectivity index (χ4v) is 6.10. The van der Waals surface area contributed by atoms with E-state index in [4.69, 9.17) is 16.3 Å². The molecule has 3 rings (SSSR count). The first-order chi connectivity index (χ1) is 19.1. The van der Waals surface area contributed by atoms with Gasteiger partial charge in [0.25, 0.3) is 5.01 Å². The second kappa shape index (κ2) is 19.9. The van der Waals surface area contributed by atoms with Crippen LogP contribution in [-0.4, -0.2) is 12.5 Å². The molecule has 0 unspecified atom stereocenters. The molecule has 1 N–H and O–H groups in total. The average molecular weight is 606 g/mol. The number of nitrogens with one attached hydrogen (secondary N) is 1. The van der Waals surface area contributed by atoms with Gasteiger partial charge < -0.3 is 22.5 Å². The first-order valence-electron chi connectivity index (χ1n) is 14.9. The molecule has 0 aliphatic carbocycles. The number of carbonyl (C=O) groups excluding carboxylic acids is 1. The third-order valence-corrected chi connectivity index (χ3v) is 8.33. The van der Waals surface area contributed by atoms with Crippen molar-refractivity contribution in [2.24, 2.45) is 0 Å². The summed E-state index contributed by atoms with van der Waals surface area (Å²) >= 11 is 8.17. The van der Waals surface area contributed by atoms with Crippen molar-refractivity contribution in [1.29, 1.82) is 0 Å². The Morgan fingerprint density at radius 3 is 2.20 bits per heavy atom. The number of anilines is 1. The average Bonchev–Trinajstić information content (AvgIpc) is 3.41. The minimum Gasteiger partial charge on any atom is -1.00 e. The number of rotatable bonds is 19. The van der Waals surface area contributed by atoms with Crippen molar-refractivity contribution >= 4 is 34.5 Å². The molecule has 220 valence electrons. The molecule has 0 saturated heterocycles. The van der Waals surface area contributed by atoms with E-state index in [1.165, 1.54) is 64.2 Å². The Labute approximate surface area is 256 Å². The van der Waals surface area contributed by atoms with Crippen LogP contribution in [0.4, 0.5) is 5.69 Å². The van der Waals surface area contributed by atoms with Gasteiger partial charge >= 0.3 is 0 Å². The topological polar surface area (TPSA) is 42.2 Å². The number of aryl methyl sites for hydroxylation is 1. The molecule has 1 amide bonds. The summed E-state index contributed by atoms with van der Waals surface area (Å²) in [6.45, 7) is 5.89. The van der Waals surface area contributed by atoms with Crippen LogP contribution in [0.2, 0.25) is 5.02 Å². The number of unbranched alkanes of at least 4 members (excludes halogenated alkanes) is 11. The van der Waals surface area contributed by atoms with E-state index in [2.05, 4.69) is 41.4 Å². The number of halogens is 2. The van der Waals surface area contributed by atoms with Gasteiger partial charge in [-0.2, -0.15) is 4.57 Å². The lowest BCUT2D eigenvalue weighted by Crippen LogP contribution is -3.00. The number of benzene rings is 2. The van der Waals surface area contributed by atoms with E-state index < -0.39 is 0 Å². The second-order valence-electron chi connectivity index (χ2n) is 10.2. The number of carbonyl (C=O) groups is 1. The summed E-state index contributed by atoms with van der Waals surface area (Å²) in [5.74, 6) is 0.548. The van der Waals surface area contributed by atoms with E-state index in [9.17, 15) is 4.79 Å². The molecule has 0 saturated carbocycles. The highest BCUT2D eigenvalue weighted by molar-refractivity contribution is 7.12. The van der Waals surface area contributed by atoms with Gasteiger partial charge in [-0.15, -0.1) is 0 Å². The summed E-state index contributed by atoms with van der Waals surface area (Å²) in [7, 11) is 0. The number of para-hydroxylation sites is 2. The summed E-state index contributed by atoms with van der Waals surface area (Å²) in [4.78, 5) is 13.1. The molecule has 0 bridgehead atoms. The highest BCUT2D eigenvalue weighted by Gasteiger charge is 2.19. The summed E-state index contributed by atoms with van der Waals surface area (Å²) in [5.41, 5.74) is 2.65. The van der Waals surface area contributed by atoms with Gasteiger partial charge in [0.2, 0.25) is 5.91 Å². The summed E-state index contributed by atoms with van der Waals surface area (Å²) in [6.07, 6.45) is 18.0. The molecule has 0 atom stereocenters. The number of amides is 1. The number of hydrogen-bond acceptors (Lipinski definition) is 3. The van der Waals surface area contributed by atoms with Crippen LogP contribution in [0.25, 0.3) is 10.6 Å². The van der Waals surface area contributed by atoms with Crippen LogP contribution in [0.5, 0.6) is 5.75 Å². The smallest absolute Gasteiger partial charge is 0.271 e. The molecule has 0 spiro atoms. The first kappa shape index (κ1) is 34.1. The van der Waals surface area contributed by atoms with E-state index in [1.807, 2.05) is 36.4 Å². The molecule has 1 aromatic heterocycles. The van der Waals surface area contributed by atoms with Crippen molar-refractivity contribution in [3.63, 3.8) is 0 Å². The fraction of sp³-hybridized carbons (Fsp3) is 0.515. The third-order valence-electron chi connectivity index (χ3n) is 7.10. The van der Waals surface area contributed by atoms with Gasteiger partial charge in [-0.05, 0) is 31.5 Å². The van der Waals surface area contributed by atoms with Crippen molar-refractivity contribution in [3.8, 4) is 16.3 Å². The van der Waals surface area contributed by atoms with Gasteiger partial charge in [0, 0.05) is 5.56 Å². The van der Waals surface area contributed by atoms with Gasteiger partial charge in [0.15, 0.2) is 6.20 Å². The van der Waals surface area contributed by atoms with Gasteiger partial charge in [-0.25, -0.2) is 0 Å². The predicted molar refractivity (Wildman–Crippen MR) is 166 cm³/mol. The molecule has 4 nitrogen and oxygen atoms in total. The summed E-state index contributed by atoms with van der Waals surface area (Å²) in [6, 6.07) is 13.6. The van der Waals surface area contributed by atoms with Crippen molar-refractivity contribution < 1.29 is 26.5 Å². The molecule has 0 aliphatic rings. The van der Waals surface area contributed by atoms with E-state index in [1.54, 1.807) is 11.3 Å². The molecule has 0 radical (unpaired) electrons. The molecule has 0 fully saturated rings. The van der Waals surface area contributed by atoms with Crippen molar-refractivity contribution in [2.75, 3.05) is 11.9 Å². The largest absolute Gasteiger partial charge is 1.00 e. The van der Waals surface area contributed by atoms with E-state index in [0.717, 1.165) is 41.2 Å². The van der Waals surface area contributed by atoms with E-state index >= 15 is 0 Å². The molecule has 0 aliphatic heterocycles. The summed E-state index contributed by atoms with van der Waals surface area (Å²) in [5, 5.41) is 6.88. The number of ether oxygens (including phenoxy) is 1. The second-order valence-corrected chi connectivity index (χ2v) is 11.5. The lowest BCUT2D eigenvalue weighted by molar-refractivity contribution is -0.678. The minimum atomic E-state index is -0.0838. The van der Waals surface area contributed by atoms with Crippen LogP contribution >= 0.6 is 22.9 Å². The first-order valence-corrected chi connectivity index (χ1v) is 16.2. The van der Waals surface area contributed by atoms with Crippen LogP contribution in [0.3, 0.4) is 0 Å². The molecule has 1 heterocycles. The minimum absolute atomic E-state index is 0. The maximum atomic E-state index is 13.1. The molecule has 7 heteroatoms. The number of hydrogen-bond donors (Lipinski definition) is 1. The molecule has 3 aromatic rings. The fourth-order valence-electron chi connectivity index (χ4n) is 4.89. The van der Waals surface area contributed by atoms with Gasteiger partial charge in [-0.3, -0.25) is 4.79 Å². The maximum absolute atomic E-state index is 13.1. The lowest BCUT2D eigenvalue weighted by Gasteiger charge is -2.14. The monoisotopic (exact) mass is 604 g/mol. The van der Waals surface area contributed by atoms with Crippen LogP contribution in [0.1, 0.15) is 96.5 Å². The van der Waals surface area contributed by atoms with Gasteiger partial charge in [0.1, 0.15) is 12.3 Å². The van der Waals surface area contributed by atoms with Crippen LogP contribution in [-0.2, 0) is 17.8 Å². The van der Waals surface area contributed by atoms with E-state index in [0.29, 0.717) is 17.4 Å². The predicted octanol–water partition coefficient (Wildman–Crippen LogP) is 6.64. The highest BCUT2D eigenvalue weighted by Crippen LogP contribution is 2.31. The Morgan fingerprint density at radius 1 is 0.875 bits per heavy atom. The van der Waals surface area contributed by atoms with Crippen LogP contribution < -0.4 is 27.0 Å². The van der Waals surface area contributed by atoms with Crippen molar-refractivity contribution in [2.45, 2.75) is 104 Å². The zero-order valence-electron chi connectivity index (χ0n) is 24.2. The third kappa shape index (κ3) is 11.4. The Hall–Kier alpha value is -2.08. The number of nitrogens with zero attached hydrogens (tertiary/aromatic N) is 1. The normalized spacial score (nSPS) is 10.8. The van der Waals surface area contributed by atoms with Crippen LogP contribution in [0, 0.1) is 0 Å². The zero-order valence-corrected chi connectivity index (χ0v) is 26.6. The van der Waals surface area contributed by atoms with E-state index in [-0.39, 0.29) is 24.7 Å². The Balaban J connectivity index is 0.00000560. The van der Waals surface area contributed by atoms with Crippen molar-refractivity contribution in [3.05, 3.63) is 64.6 Å². The number of thiazole rings is 1. The molecular weight excluding hydrogens is 559 g/mol.